The van der Waals surface area contributed by atoms with Gasteiger partial charge >= 0.3 is 6.09 Å². The van der Waals surface area contributed by atoms with Gasteiger partial charge in [-0.3, -0.25) is 4.79 Å². The van der Waals surface area contributed by atoms with Crippen LogP contribution in [0.2, 0.25) is 0 Å². The van der Waals surface area contributed by atoms with Crippen molar-refractivity contribution in [3.8, 4) is 0 Å². The average Bonchev–Trinajstić information content (AvgIpc) is 2.45. The van der Waals surface area contributed by atoms with Crippen molar-refractivity contribution in [2.24, 2.45) is 0 Å². The molecule has 1 aromatic rings. The monoisotopic (exact) mass is 304 g/mol. The maximum absolute atomic E-state index is 12.3. The SMILES string of the molecule is CC(C)(C)OC(=O)N1CCN2c3cccnc3NC(=O)[C@@H]2C1. The molecule has 0 aromatic carbocycles. The number of amides is 2. The summed E-state index contributed by atoms with van der Waals surface area (Å²) in [6.45, 7) is 6.90. The van der Waals surface area contributed by atoms with E-state index in [1.165, 1.54) is 0 Å². The van der Waals surface area contributed by atoms with Gasteiger partial charge in [0.1, 0.15) is 11.6 Å². The Morgan fingerprint density at radius 1 is 1.41 bits per heavy atom. The van der Waals surface area contributed by atoms with Crippen molar-refractivity contribution in [2.75, 3.05) is 29.9 Å². The largest absolute Gasteiger partial charge is 0.444 e. The average molecular weight is 304 g/mol. The molecule has 22 heavy (non-hydrogen) atoms. The van der Waals surface area contributed by atoms with Crippen LogP contribution < -0.4 is 10.2 Å². The first-order valence-corrected chi connectivity index (χ1v) is 7.35. The van der Waals surface area contributed by atoms with Crippen molar-refractivity contribution in [2.45, 2.75) is 32.4 Å². The lowest BCUT2D eigenvalue weighted by atomic mass is 10.1. The zero-order valence-corrected chi connectivity index (χ0v) is 13.0. The number of anilines is 2. The fourth-order valence-electron chi connectivity index (χ4n) is 2.71. The Balaban J connectivity index is 1.77. The Bertz CT molecular complexity index is 611. The number of hydrogen-bond donors (Lipinski definition) is 1. The number of hydrogen-bond acceptors (Lipinski definition) is 5. The smallest absolute Gasteiger partial charge is 0.410 e. The third-order valence-corrected chi connectivity index (χ3v) is 3.67. The number of piperazine rings is 1. The highest BCUT2D eigenvalue weighted by molar-refractivity contribution is 6.03. The summed E-state index contributed by atoms with van der Waals surface area (Å²) in [5.41, 5.74) is 0.357. The summed E-state index contributed by atoms with van der Waals surface area (Å²) in [6, 6.07) is 3.36. The van der Waals surface area contributed by atoms with Gasteiger partial charge in [0.15, 0.2) is 5.82 Å². The van der Waals surface area contributed by atoms with Gasteiger partial charge in [-0.25, -0.2) is 9.78 Å². The van der Waals surface area contributed by atoms with Crippen molar-refractivity contribution in [1.82, 2.24) is 9.88 Å². The van der Waals surface area contributed by atoms with E-state index in [1.807, 2.05) is 37.8 Å². The molecule has 0 saturated carbocycles. The van der Waals surface area contributed by atoms with E-state index in [0.717, 1.165) is 5.69 Å². The summed E-state index contributed by atoms with van der Waals surface area (Å²) in [5, 5.41) is 2.80. The van der Waals surface area contributed by atoms with Crippen molar-refractivity contribution < 1.29 is 14.3 Å². The number of nitrogens with zero attached hydrogens (tertiary/aromatic N) is 3. The molecule has 1 atom stereocenters. The summed E-state index contributed by atoms with van der Waals surface area (Å²) in [7, 11) is 0. The van der Waals surface area contributed by atoms with Crippen molar-refractivity contribution in [3.63, 3.8) is 0 Å². The number of nitrogens with one attached hydrogen (secondary N) is 1. The fraction of sp³-hybridized carbons (Fsp3) is 0.533. The lowest BCUT2D eigenvalue weighted by molar-refractivity contribution is -0.118. The summed E-state index contributed by atoms with van der Waals surface area (Å²) in [4.78, 5) is 32.2. The van der Waals surface area contributed by atoms with E-state index in [2.05, 4.69) is 10.3 Å². The van der Waals surface area contributed by atoms with E-state index in [-0.39, 0.29) is 12.0 Å². The third-order valence-electron chi connectivity index (χ3n) is 3.67. The van der Waals surface area contributed by atoms with Gasteiger partial charge in [-0.2, -0.15) is 0 Å². The molecule has 0 bridgehead atoms. The third kappa shape index (κ3) is 2.70. The van der Waals surface area contributed by atoms with E-state index in [4.69, 9.17) is 4.74 Å². The van der Waals surface area contributed by atoms with Crippen LogP contribution >= 0.6 is 0 Å². The summed E-state index contributed by atoms with van der Waals surface area (Å²) >= 11 is 0. The minimum absolute atomic E-state index is 0.139. The van der Waals surface area contributed by atoms with Crippen LogP contribution in [0.5, 0.6) is 0 Å². The molecule has 0 unspecified atom stereocenters. The molecule has 1 N–H and O–H groups in total. The zero-order chi connectivity index (χ0) is 15.9. The second-order valence-electron chi connectivity index (χ2n) is 6.50. The predicted molar refractivity (Wildman–Crippen MR) is 81.8 cm³/mol. The quantitative estimate of drug-likeness (QED) is 0.785. The Kier molecular flexibility index (Phi) is 3.42. The highest BCUT2D eigenvalue weighted by Gasteiger charge is 2.39. The van der Waals surface area contributed by atoms with Crippen molar-refractivity contribution in [3.05, 3.63) is 18.3 Å². The van der Waals surface area contributed by atoms with Gasteiger partial charge in [-0.15, -0.1) is 0 Å². The minimum Gasteiger partial charge on any atom is -0.444 e. The molecular weight excluding hydrogens is 284 g/mol. The molecule has 1 aromatic heterocycles. The molecule has 2 aliphatic heterocycles. The highest BCUT2D eigenvalue weighted by atomic mass is 16.6. The summed E-state index contributed by atoms with van der Waals surface area (Å²) in [5.74, 6) is 0.439. The number of aromatic nitrogens is 1. The van der Waals surface area contributed by atoms with Gasteiger partial charge in [-0.1, -0.05) is 0 Å². The van der Waals surface area contributed by atoms with Crippen molar-refractivity contribution >= 4 is 23.5 Å². The van der Waals surface area contributed by atoms with Crippen LogP contribution in [0, 0.1) is 0 Å². The molecule has 3 rings (SSSR count). The molecule has 2 amide bonds. The number of carbonyl (C=O) groups excluding carboxylic acids is 2. The molecule has 7 heteroatoms. The first-order valence-electron chi connectivity index (χ1n) is 7.35. The Morgan fingerprint density at radius 2 is 2.18 bits per heavy atom. The van der Waals surface area contributed by atoms with E-state index in [1.54, 1.807) is 11.1 Å². The number of pyridine rings is 1. The number of ether oxygens (including phenoxy) is 1. The van der Waals surface area contributed by atoms with Crippen LogP contribution in [0.25, 0.3) is 0 Å². The van der Waals surface area contributed by atoms with Gasteiger partial charge in [0.2, 0.25) is 5.91 Å². The van der Waals surface area contributed by atoms with Gasteiger partial charge < -0.3 is 19.9 Å². The topological polar surface area (TPSA) is 74.8 Å². The Hall–Kier alpha value is -2.31. The van der Waals surface area contributed by atoms with Crippen LogP contribution in [0.4, 0.5) is 16.3 Å². The molecule has 0 spiro atoms. The van der Waals surface area contributed by atoms with Crippen molar-refractivity contribution in [1.29, 1.82) is 0 Å². The number of carbonyl (C=O) groups is 2. The normalized spacial score (nSPS) is 20.9. The number of fused-ring (bicyclic) bond motifs is 3. The molecule has 2 aliphatic rings. The first-order chi connectivity index (χ1) is 10.3. The molecule has 1 fully saturated rings. The summed E-state index contributed by atoms with van der Waals surface area (Å²) in [6.07, 6.45) is 1.27. The second kappa shape index (κ2) is 5.15. The highest BCUT2D eigenvalue weighted by Crippen LogP contribution is 2.31. The van der Waals surface area contributed by atoms with Gasteiger partial charge in [0.05, 0.1) is 12.2 Å². The van der Waals surface area contributed by atoms with Gasteiger partial charge in [0.25, 0.3) is 0 Å². The zero-order valence-electron chi connectivity index (χ0n) is 13.0. The van der Waals surface area contributed by atoms with Crippen LogP contribution in [-0.4, -0.2) is 53.2 Å². The Labute approximate surface area is 129 Å². The number of rotatable bonds is 0. The molecule has 118 valence electrons. The predicted octanol–water partition coefficient (Wildman–Crippen LogP) is 1.46. The van der Waals surface area contributed by atoms with Crippen LogP contribution in [-0.2, 0) is 9.53 Å². The van der Waals surface area contributed by atoms with Crippen LogP contribution in [0.15, 0.2) is 18.3 Å². The molecule has 0 radical (unpaired) electrons. The summed E-state index contributed by atoms with van der Waals surface area (Å²) < 4.78 is 5.39. The maximum Gasteiger partial charge on any atom is 0.410 e. The van der Waals surface area contributed by atoms with Crippen LogP contribution in [0.3, 0.4) is 0 Å². The standard InChI is InChI=1S/C15H20N4O3/c1-15(2,3)22-14(21)18-7-8-19-10-5-4-6-16-12(10)17-13(20)11(19)9-18/h4-6,11H,7-9H2,1-3H3,(H,16,17,20)/t11-/m0/s1. The second-order valence-corrected chi connectivity index (χ2v) is 6.50. The minimum atomic E-state index is -0.542. The molecule has 1 saturated heterocycles. The lowest BCUT2D eigenvalue weighted by Gasteiger charge is -2.44. The Morgan fingerprint density at radius 3 is 2.91 bits per heavy atom. The van der Waals surface area contributed by atoms with E-state index >= 15 is 0 Å². The first kappa shape index (κ1) is 14.6. The van der Waals surface area contributed by atoms with E-state index in [0.29, 0.717) is 25.5 Å². The van der Waals surface area contributed by atoms with E-state index < -0.39 is 11.6 Å². The van der Waals surface area contributed by atoms with Gasteiger partial charge in [0, 0.05) is 19.3 Å². The van der Waals surface area contributed by atoms with Crippen LogP contribution in [0.1, 0.15) is 20.8 Å². The lowest BCUT2D eigenvalue weighted by Crippen LogP contribution is -2.61. The fourth-order valence-corrected chi connectivity index (χ4v) is 2.71. The molecule has 3 heterocycles. The van der Waals surface area contributed by atoms with Gasteiger partial charge in [-0.05, 0) is 32.9 Å². The molecule has 7 nitrogen and oxygen atoms in total. The molecule has 0 aliphatic carbocycles. The maximum atomic E-state index is 12.3. The van der Waals surface area contributed by atoms with E-state index in [9.17, 15) is 9.59 Å². The molecular formula is C15H20N4O3.